The van der Waals surface area contributed by atoms with Gasteiger partial charge in [0, 0.05) is 0 Å². The number of rotatable bonds is 8. The molecule has 0 bridgehead atoms. The first-order valence-electron chi connectivity index (χ1n) is 6.15. The third-order valence-electron chi connectivity index (χ3n) is 2.07. The van der Waals surface area contributed by atoms with Crippen LogP contribution in [0.4, 0.5) is 0 Å². The second-order valence-corrected chi connectivity index (χ2v) is 3.67. The average Bonchev–Trinajstić information content (AvgIpc) is 2.26. The topological polar surface area (TPSA) is 72.5 Å². The molecule has 0 rings (SSSR count). The predicted molar refractivity (Wildman–Crippen MR) is 66.5 cm³/mol. The molecule has 0 fully saturated rings. The number of ether oxygens (including phenoxy) is 1. The summed E-state index contributed by atoms with van der Waals surface area (Å²) in [7, 11) is 0. The van der Waals surface area contributed by atoms with E-state index in [0.717, 1.165) is 25.8 Å². The van der Waals surface area contributed by atoms with E-state index in [1.165, 1.54) is 12.8 Å². The second-order valence-electron chi connectivity index (χ2n) is 3.67. The van der Waals surface area contributed by atoms with E-state index in [0.29, 0.717) is 0 Å². The third kappa shape index (κ3) is 15.8. The molecule has 16 heavy (non-hydrogen) atoms. The van der Waals surface area contributed by atoms with Gasteiger partial charge in [0.15, 0.2) is 0 Å². The first kappa shape index (κ1) is 17.8. The van der Waals surface area contributed by atoms with Crippen molar-refractivity contribution in [1.29, 1.82) is 0 Å². The van der Waals surface area contributed by atoms with Crippen molar-refractivity contribution in [3.63, 3.8) is 0 Å². The number of hydrogen-bond donors (Lipinski definition) is 2. The van der Waals surface area contributed by atoms with Crippen molar-refractivity contribution in [1.82, 2.24) is 0 Å². The molecule has 0 aromatic carbocycles. The van der Waals surface area contributed by atoms with Crippen molar-refractivity contribution in [3.05, 3.63) is 0 Å². The van der Waals surface area contributed by atoms with Gasteiger partial charge < -0.3 is 15.6 Å². The smallest absolute Gasteiger partial charge is 0.329 e. The van der Waals surface area contributed by atoms with Crippen LogP contribution in [-0.2, 0) is 9.53 Å². The van der Waals surface area contributed by atoms with Gasteiger partial charge in [-0.05, 0) is 25.8 Å². The van der Waals surface area contributed by atoms with E-state index in [4.69, 9.17) is 15.6 Å². The average molecular weight is 233 g/mol. The lowest BCUT2D eigenvalue weighted by molar-refractivity contribution is -0.144. The monoisotopic (exact) mass is 233 g/mol. The molecule has 0 radical (unpaired) electrons. The highest BCUT2D eigenvalue weighted by Crippen LogP contribution is 2.05. The molecule has 1 unspecified atom stereocenters. The fourth-order valence-electron chi connectivity index (χ4n) is 1.12. The molecule has 0 aliphatic carbocycles. The summed E-state index contributed by atoms with van der Waals surface area (Å²) in [4.78, 5) is 10.1. The molecule has 4 heteroatoms. The van der Waals surface area contributed by atoms with Gasteiger partial charge in [0.05, 0.1) is 6.10 Å². The number of carbonyl (C=O) groups is 1. The van der Waals surface area contributed by atoms with E-state index < -0.39 is 5.97 Å². The van der Waals surface area contributed by atoms with Gasteiger partial charge in [0.1, 0.15) is 6.61 Å². The Morgan fingerprint density at radius 3 is 2.19 bits per heavy atom. The second kappa shape index (κ2) is 14.4. The van der Waals surface area contributed by atoms with Crippen LogP contribution in [0.5, 0.6) is 0 Å². The van der Waals surface area contributed by atoms with Crippen LogP contribution in [0.3, 0.4) is 0 Å². The molecule has 3 N–H and O–H groups in total. The lowest BCUT2D eigenvalue weighted by Gasteiger charge is -2.12. The minimum absolute atomic E-state index is 0.121. The van der Waals surface area contributed by atoms with Crippen LogP contribution in [0, 0.1) is 0 Å². The van der Waals surface area contributed by atoms with Crippen LogP contribution in [0.1, 0.15) is 52.9 Å². The Labute approximate surface area is 99.2 Å². The first-order valence-corrected chi connectivity index (χ1v) is 6.15. The third-order valence-corrected chi connectivity index (χ3v) is 2.07. The number of hydrogen-bond acceptors (Lipinski definition) is 3. The van der Waals surface area contributed by atoms with Gasteiger partial charge in [-0.25, -0.2) is 4.79 Å². The van der Waals surface area contributed by atoms with Gasteiger partial charge in [-0.3, -0.25) is 0 Å². The summed E-state index contributed by atoms with van der Waals surface area (Å²) in [5.74, 6) is -0.889. The Kier molecular flexibility index (Phi) is 16.0. The summed E-state index contributed by atoms with van der Waals surface area (Å²) in [5.41, 5.74) is 5.14. The zero-order valence-electron chi connectivity index (χ0n) is 10.9. The Morgan fingerprint density at radius 2 is 1.94 bits per heavy atom. The fraction of sp³-hybridized carbons (Fsp3) is 0.917. The minimum atomic E-state index is -0.889. The zero-order chi connectivity index (χ0) is 12.8. The summed E-state index contributed by atoms with van der Waals surface area (Å²) in [6.07, 6.45) is 5.38. The van der Waals surface area contributed by atoms with Crippen molar-refractivity contribution in [2.75, 3.05) is 13.2 Å². The van der Waals surface area contributed by atoms with Crippen LogP contribution in [0.15, 0.2) is 0 Å². The molecule has 0 amide bonds. The van der Waals surface area contributed by atoms with Gasteiger partial charge in [0.25, 0.3) is 0 Å². The summed E-state index contributed by atoms with van der Waals surface area (Å²) in [6, 6.07) is 0. The van der Waals surface area contributed by atoms with E-state index in [1.807, 2.05) is 6.92 Å². The minimum Gasteiger partial charge on any atom is -0.480 e. The van der Waals surface area contributed by atoms with Crippen LogP contribution < -0.4 is 5.73 Å². The van der Waals surface area contributed by atoms with E-state index in [2.05, 4.69) is 13.8 Å². The Balaban J connectivity index is 0. The van der Waals surface area contributed by atoms with Crippen molar-refractivity contribution in [2.24, 2.45) is 5.73 Å². The van der Waals surface area contributed by atoms with Crippen LogP contribution in [0.25, 0.3) is 0 Å². The Morgan fingerprint density at radius 1 is 1.31 bits per heavy atom. The summed E-state index contributed by atoms with van der Waals surface area (Å²) >= 11 is 0. The maximum absolute atomic E-state index is 10.1. The summed E-state index contributed by atoms with van der Waals surface area (Å²) in [6.45, 7) is 6.87. The SMILES string of the molecule is CCCC(CC)OCC(=O)O.CCCCN. The zero-order valence-corrected chi connectivity index (χ0v) is 10.9. The van der Waals surface area contributed by atoms with Crippen molar-refractivity contribution >= 4 is 5.97 Å². The Hall–Kier alpha value is -0.610. The van der Waals surface area contributed by atoms with Gasteiger partial charge in [-0.1, -0.05) is 33.6 Å². The van der Waals surface area contributed by atoms with E-state index in [9.17, 15) is 4.79 Å². The highest BCUT2D eigenvalue weighted by Gasteiger charge is 2.06. The number of unbranched alkanes of at least 4 members (excludes halogenated alkanes) is 1. The molecule has 0 aromatic heterocycles. The molecule has 0 aromatic rings. The molecule has 0 aliphatic heterocycles. The maximum atomic E-state index is 10.1. The fourth-order valence-corrected chi connectivity index (χ4v) is 1.12. The molecule has 4 nitrogen and oxygen atoms in total. The molecule has 0 spiro atoms. The van der Waals surface area contributed by atoms with E-state index in [1.54, 1.807) is 0 Å². The molecule has 0 saturated carbocycles. The molecule has 0 heterocycles. The van der Waals surface area contributed by atoms with Crippen LogP contribution >= 0.6 is 0 Å². The van der Waals surface area contributed by atoms with Gasteiger partial charge in [-0.2, -0.15) is 0 Å². The Bertz CT molecular complexity index is 149. The summed E-state index contributed by atoms with van der Waals surface area (Å²) in [5, 5.41) is 8.30. The molecule has 98 valence electrons. The number of carboxylic acid groups (broad SMARTS) is 1. The standard InChI is InChI=1S/C8H16O3.C4H11N/c1-3-5-7(4-2)11-6-8(9)10;1-2-3-4-5/h7H,3-6H2,1-2H3,(H,9,10);2-5H2,1H3. The first-order chi connectivity index (χ1) is 7.62. The molecule has 0 saturated heterocycles. The maximum Gasteiger partial charge on any atom is 0.329 e. The van der Waals surface area contributed by atoms with Gasteiger partial charge >= 0.3 is 5.97 Å². The van der Waals surface area contributed by atoms with Crippen molar-refractivity contribution in [2.45, 2.75) is 59.0 Å². The van der Waals surface area contributed by atoms with Gasteiger partial charge in [0.2, 0.25) is 0 Å². The lowest BCUT2D eigenvalue weighted by atomic mass is 10.2. The highest BCUT2D eigenvalue weighted by molar-refractivity contribution is 5.68. The highest BCUT2D eigenvalue weighted by atomic mass is 16.5. The van der Waals surface area contributed by atoms with Crippen molar-refractivity contribution < 1.29 is 14.6 Å². The van der Waals surface area contributed by atoms with E-state index in [-0.39, 0.29) is 12.7 Å². The number of aliphatic carboxylic acids is 1. The molecule has 0 aliphatic rings. The molecular weight excluding hydrogens is 206 g/mol. The normalized spacial score (nSPS) is 11.5. The molecular formula is C12H27NO3. The number of carboxylic acids is 1. The van der Waals surface area contributed by atoms with Crippen LogP contribution in [-0.4, -0.2) is 30.3 Å². The predicted octanol–water partition coefficient (Wildman–Crippen LogP) is 2.41. The van der Waals surface area contributed by atoms with Crippen LogP contribution in [0.2, 0.25) is 0 Å². The molecule has 1 atom stereocenters. The van der Waals surface area contributed by atoms with E-state index >= 15 is 0 Å². The largest absolute Gasteiger partial charge is 0.480 e. The van der Waals surface area contributed by atoms with Crippen molar-refractivity contribution in [3.8, 4) is 0 Å². The van der Waals surface area contributed by atoms with Gasteiger partial charge in [-0.15, -0.1) is 0 Å². The summed E-state index contributed by atoms with van der Waals surface area (Å²) < 4.78 is 5.09. The quantitative estimate of drug-likeness (QED) is 0.675. The lowest BCUT2D eigenvalue weighted by Crippen LogP contribution is -2.17. The number of nitrogens with two attached hydrogens (primary N) is 1.